The Labute approximate surface area is 123 Å². The zero-order chi connectivity index (χ0) is 13.8. The molecule has 0 bridgehead atoms. The van der Waals surface area contributed by atoms with Gasteiger partial charge in [-0.1, -0.05) is 29.3 Å². The molecule has 0 saturated carbocycles. The Bertz CT molecular complexity index is 465. The summed E-state index contributed by atoms with van der Waals surface area (Å²) in [6.07, 6.45) is 1.42. The normalized spacial score (nSPS) is 18.9. The molecule has 5 heteroatoms. The van der Waals surface area contributed by atoms with Gasteiger partial charge >= 0.3 is 0 Å². The van der Waals surface area contributed by atoms with E-state index in [1.165, 1.54) is 0 Å². The van der Waals surface area contributed by atoms with Crippen LogP contribution in [0.3, 0.4) is 0 Å². The van der Waals surface area contributed by atoms with E-state index >= 15 is 0 Å². The van der Waals surface area contributed by atoms with E-state index in [4.69, 9.17) is 23.2 Å². The fraction of sp³-hybridized carbons (Fsp3) is 0.500. The molecule has 1 saturated heterocycles. The lowest BCUT2D eigenvalue weighted by Gasteiger charge is -2.17. The van der Waals surface area contributed by atoms with E-state index < -0.39 is 0 Å². The quantitative estimate of drug-likeness (QED) is 0.927. The molecule has 1 fully saturated rings. The molecule has 1 heterocycles. The van der Waals surface area contributed by atoms with E-state index in [2.05, 4.69) is 5.32 Å². The average molecular weight is 301 g/mol. The van der Waals surface area contributed by atoms with Gasteiger partial charge in [-0.3, -0.25) is 4.79 Å². The SMILES string of the molecule is CNC[C@@H]1CCN(C(=O)Cc2ccc(Cl)cc2Cl)C1. The summed E-state index contributed by atoms with van der Waals surface area (Å²) in [5, 5.41) is 4.32. The van der Waals surface area contributed by atoms with Crippen molar-refractivity contribution in [1.82, 2.24) is 10.2 Å². The van der Waals surface area contributed by atoms with E-state index in [1.54, 1.807) is 12.1 Å². The van der Waals surface area contributed by atoms with Gasteiger partial charge < -0.3 is 10.2 Å². The topological polar surface area (TPSA) is 32.3 Å². The Morgan fingerprint density at radius 3 is 2.95 bits per heavy atom. The van der Waals surface area contributed by atoms with Crippen molar-refractivity contribution in [2.24, 2.45) is 5.92 Å². The maximum absolute atomic E-state index is 12.2. The highest BCUT2D eigenvalue weighted by Crippen LogP contribution is 2.23. The van der Waals surface area contributed by atoms with Crippen molar-refractivity contribution in [3.05, 3.63) is 33.8 Å². The number of carbonyl (C=O) groups is 1. The lowest BCUT2D eigenvalue weighted by molar-refractivity contribution is -0.129. The molecule has 0 unspecified atom stereocenters. The minimum atomic E-state index is 0.142. The highest BCUT2D eigenvalue weighted by molar-refractivity contribution is 6.35. The summed E-state index contributed by atoms with van der Waals surface area (Å²) in [4.78, 5) is 14.1. The third-order valence-corrected chi connectivity index (χ3v) is 4.08. The van der Waals surface area contributed by atoms with Crippen LogP contribution in [-0.2, 0) is 11.2 Å². The van der Waals surface area contributed by atoms with Gasteiger partial charge in [0, 0.05) is 23.1 Å². The molecule has 0 radical (unpaired) electrons. The lowest BCUT2D eigenvalue weighted by Crippen LogP contribution is -2.31. The zero-order valence-corrected chi connectivity index (χ0v) is 12.5. The number of nitrogens with zero attached hydrogens (tertiary/aromatic N) is 1. The smallest absolute Gasteiger partial charge is 0.227 e. The van der Waals surface area contributed by atoms with Crippen molar-refractivity contribution in [3.63, 3.8) is 0 Å². The van der Waals surface area contributed by atoms with Gasteiger partial charge in [-0.25, -0.2) is 0 Å². The van der Waals surface area contributed by atoms with Gasteiger partial charge in [0.05, 0.1) is 6.42 Å². The van der Waals surface area contributed by atoms with Crippen LogP contribution in [-0.4, -0.2) is 37.5 Å². The molecule has 1 aromatic carbocycles. The van der Waals surface area contributed by atoms with Crippen molar-refractivity contribution >= 4 is 29.1 Å². The number of amides is 1. The number of halogens is 2. The maximum Gasteiger partial charge on any atom is 0.227 e. The van der Waals surface area contributed by atoms with Gasteiger partial charge in [0.25, 0.3) is 0 Å². The Morgan fingerprint density at radius 2 is 2.26 bits per heavy atom. The summed E-state index contributed by atoms with van der Waals surface area (Å²) in [6, 6.07) is 5.27. The van der Waals surface area contributed by atoms with Gasteiger partial charge in [-0.05, 0) is 43.6 Å². The van der Waals surface area contributed by atoms with Gasteiger partial charge in [0.1, 0.15) is 0 Å². The Balaban J connectivity index is 1.94. The predicted octanol–water partition coefficient (Wildman–Crippen LogP) is 2.60. The number of hydrogen-bond acceptors (Lipinski definition) is 2. The Hall–Kier alpha value is -0.770. The molecule has 1 N–H and O–H groups in total. The molecule has 1 aromatic rings. The summed E-state index contributed by atoms with van der Waals surface area (Å²) < 4.78 is 0. The van der Waals surface area contributed by atoms with Gasteiger partial charge in [-0.15, -0.1) is 0 Å². The standard InChI is InChI=1S/C14H18Cl2N2O/c1-17-8-10-4-5-18(9-10)14(19)6-11-2-3-12(15)7-13(11)16/h2-3,7,10,17H,4-6,8-9H2,1H3/t10-/m0/s1. The third kappa shape index (κ3) is 3.85. The van der Waals surface area contributed by atoms with E-state index in [9.17, 15) is 4.79 Å². The van der Waals surface area contributed by atoms with Crippen molar-refractivity contribution in [3.8, 4) is 0 Å². The van der Waals surface area contributed by atoms with Crippen molar-refractivity contribution < 1.29 is 4.79 Å². The number of likely N-dealkylation sites (tertiary alicyclic amines) is 1. The molecule has 0 spiro atoms. The fourth-order valence-corrected chi connectivity index (χ4v) is 2.93. The molecule has 19 heavy (non-hydrogen) atoms. The van der Waals surface area contributed by atoms with Crippen molar-refractivity contribution in [2.75, 3.05) is 26.7 Å². The molecule has 2 rings (SSSR count). The summed E-state index contributed by atoms with van der Waals surface area (Å²) in [6.45, 7) is 2.65. The van der Waals surface area contributed by atoms with E-state index in [-0.39, 0.29) is 5.91 Å². The Morgan fingerprint density at radius 1 is 1.47 bits per heavy atom. The molecule has 1 aliphatic rings. The zero-order valence-electron chi connectivity index (χ0n) is 11.0. The second kappa shape index (κ2) is 6.60. The molecule has 1 aliphatic heterocycles. The van der Waals surface area contributed by atoms with Crippen LogP contribution in [0.2, 0.25) is 10.0 Å². The van der Waals surface area contributed by atoms with Crippen LogP contribution in [0.25, 0.3) is 0 Å². The molecule has 3 nitrogen and oxygen atoms in total. The van der Waals surface area contributed by atoms with Crippen LogP contribution in [0.4, 0.5) is 0 Å². The monoisotopic (exact) mass is 300 g/mol. The lowest BCUT2D eigenvalue weighted by atomic mass is 10.1. The predicted molar refractivity (Wildman–Crippen MR) is 78.8 cm³/mol. The van der Waals surface area contributed by atoms with Crippen LogP contribution in [0.15, 0.2) is 18.2 Å². The van der Waals surface area contributed by atoms with Crippen LogP contribution in [0.5, 0.6) is 0 Å². The number of hydrogen-bond donors (Lipinski definition) is 1. The molecule has 0 aliphatic carbocycles. The van der Waals surface area contributed by atoms with E-state index in [0.29, 0.717) is 22.4 Å². The maximum atomic E-state index is 12.2. The molecule has 0 aromatic heterocycles. The minimum absolute atomic E-state index is 0.142. The molecule has 104 valence electrons. The second-order valence-electron chi connectivity index (χ2n) is 4.96. The molecular weight excluding hydrogens is 283 g/mol. The number of rotatable bonds is 4. The molecular formula is C14H18Cl2N2O. The van der Waals surface area contributed by atoms with Gasteiger partial charge in [0.15, 0.2) is 0 Å². The van der Waals surface area contributed by atoms with E-state index in [1.807, 2.05) is 18.0 Å². The van der Waals surface area contributed by atoms with Crippen molar-refractivity contribution in [1.29, 1.82) is 0 Å². The number of benzene rings is 1. The molecule has 1 atom stereocenters. The highest BCUT2D eigenvalue weighted by atomic mass is 35.5. The Kier molecular flexibility index (Phi) is 5.08. The highest BCUT2D eigenvalue weighted by Gasteiger charge is 2.25. The van der Waals surface area contributed by atoms with Crippen molar-refractivity contribution in [2.45, 2.75) is 12.8 Å². The first kappa shape index (κ1) is 14.6. The average Bonchev–Trinajstić information content (AvgIpc) is 2.82. The minimum Gasteiger partial charge on any atom is -0.342 e. The van der Waals surface area contributed by atoms with Gasteiger partial charge in [0.2, 0.25) is 5.91 Å². The first-order chi connectivity index (χ1) is 9.10. The third-order valence-electron chi connectivity index (χ3n) is 3.49. The number of carbonyl (C=O) groups excluding carboxylic acids is 1. The molecule has 1 amide bonds. The largest absolute Gasteiger partial charge is 0.342 e. The first-order valence-electron chi connectivity index (χ1n) is 6.46. The summed E-state index contributed by atoms with van der Waals surface area (Å²) in [5.74, 6) is 0.706. The summed E-state index contributed by atoms with van der Waals surface area (Å²) >= 11 is 11.9. The van der Waals surface area contributed by atoms with E-state index in [0.717, 1.165) is 31.6 Å². The van der Waals surface area contributed by atoms with Crippen LogP contribution in [0, 0.1) is 5.92 Å². The number of nitrogens with one attached hydrogen (secondary N) is 1. The summed E-state index contributed by atoms with van der Waals surface area (Å²) in [7, 11) is 1.94. The fourth-order valence-electron chi connectivity index (χ4n) is 2.45. The van der Waals surface area contributed by atoms with Gasteiger partial charge in [-0.2, -0.15) is 0 Å². The first-order valence-corrected chi connectivity index (χ1v) is 7.22. The van der Waals surface area contributed by atoms with Crippen LogP contribution in [0.1, 0.15) is 12.0 Å². The van der Waals surface area contributed by atoms with Crippen LogP contribution >= 0.6 is 23.2 Å². The van der Waals surface area contributed by atoms with Crippen LogP contribution < -0.4 is 5.32 Å². The second-order valence-corrected chi connectivity index (χ2v) is 5.81. The summed E-state index contributed by atoms with van der Waals surface area (Å²) in [5.41, 5.74) is 0.841.